The van der Waals surface area contributed by atoms with Crippen LogP contribution in [0.1, 0.15) is 23.5 Å². The van der Waals surface area contributed by atoms with Crippen molar-refractivity contribution in [3.63, 3.8) is 0 Å². The summed E-state index contributed by atoms with van der Waals surface area (Å²) in [6, 6.07) is 0. The minimum atomic E-state index is -1.18. The minimum absolute atomic E-state index is 0.187. The summed E-state index contributed by atoms with van der Waals surface area (Å²) in [5.74, 6) is -0.498. The molecule has 0 N–H and O–H groups in total. The summed E-state index contributed by atoms with van der Waals surface area (Å²) in [6.07, 6.45) is -0.197. The molecule has 1 atom stereocenters. The molecule has 0 aliphatic carbocycles. The molecule has 0 spiro atoms. The highest BCUT2D eigenvalue weighted by Gasteiger charge is 2.41. The van der Waals surface area contributed by atoms with Gasteiger partial charge in [-0.15, -0.1) is 0 Å². The lowest BCUT2D eigenvalue weighted by Gasteiger charge is -2.30. The molecule has 5 heteroatoms. The lowest BCUT2D eigenvalue weighted by Crippen LogP contribution is -2.45. The summed E-state index contributed by atoms with van der Waals surface area (Å²) in [7, 11) is 0. The normalized spacial score (nSPS) is 28.9. The highest BCUT2D eigenvalue weighted by molar-refractivity contribution is 6.53. The number of hydrogen-bond acceptors (Lipinski definition) is 2. The first-order valence-corrected chi connectivity index (χ1v) is 4.70. The molecule has 0 aromatic carbocycles. The predicted octanol–water partition coefficient (Wildman–Crippen LogP) is 1.77. The molecule has 1 fully saturated rings. The molecule has 13 heavy (non-hydrogen) atoms. The van der Waals surface area contributed by atoms with Crippen LogP contribution in [0.2, 0.25) is 0 Å². The molecular formula is C8H13Cl2NO2. The van der Waals surface area contributed by atoms with Crippen molar-refractivity contribution >= 4 is 29.1 Å². The van der Waals surface area contributed by atoms with Gasteiger partial charge in [-0.3, -0.25) is 4.79 Å². The van der Waals surface area contributed by atoms with E-state index in [1.165, 1.54) is 4.90 Å². The van der Waals surface area contributed by atoms with Crippen LogP contribution >= 0.6 is 23.2 Å². The van der Waals surface area contributed by atoms with Gasteiger partial charge in [0.05, 0.1) is 6.10 Å². The maximum absolute atomic E-state index is 11.6. The number of nitrogens with zero attached hydrogens (tertiary/aromatic N) is 1. The molecule has 1 rings (SSSR count). The number of halogens is 2. The largest absolute Gasteiger partial charge is 0.351 e. The molecule has 1 heterocycles. The summed E-state index contributed by atoms with van der Waals surface area (Å²) >= 11 is 11.0. The molecule has 1 unspecified atom stereocenters. The fraction of sp³-hybridized carbons (Fsp3) is 0.875. The smallest absolute Gasteiger partial charge is 0.258 e. The van der Waals surface area contributed by atoms with Crippen LogP contribution in [0.5, 0.6) is 0 Å². The van der Waals surface area contributed by atoms with Crippen molar-refractivity contribution in [2.75, 3.05) is 6.54 Å². The molecule has 1 aliphatic heterocycles. The van der Waals surface area contributed by atoms with Crippen molar-refractivity contribution in [3.8, 4) is 0 Å². The zero-order valence-corrected chi connectivity index (χ0v) is 8.81. The van der Waals surface area contributed by atoms with Crippen molar-refractivity contribution < 1.29 is 12.3 Å². The number of rotatable bonds is 1. The van der Waals surface area contributed by atoms with E-state index in [0.717, 1.165) is 0 Å². The van der Waals surface area contributed by atoms with Gasteiger partial charge in [-0.25, -0.2) is 0 Å². The van der Waals surface area contributed by atoms with Gasteiger partial charge in [0, 0.05) is 9.29 Å². The predicted molar refractivity (Wildman–Crippen MR) is 51.8 cm³/mol. The summed E-state index contributed by atoms with van der Waals surface area (Å²) in [5, 5.41) is 0. The Morgan fingerprint density at radius 1 is 1.77 bits per heavy atom. The van der Waals surface area contributed by atoms with E-state index < -0.39 is 16.5 Å². The molecule has 0 bridgehead atoms. The van der Waals surface area contributed by atoms with Crippen LogP contribution in [0.15, 0.2) is 0 Å². The summed E-state index contributed by atoms with van der Waals surface area (Å²) in [5.41, 5.74) is -1.18. The van der Waals surface area contributed by atoms with E-state index >= 15 is 0 Å². The molecule has 3 nitrogen and oxygen atoms in total. The average Bonchev–Trinajstić information content (AvgIpc) is 2.54. The van der Waals surface area contributed by atoms with Gasteiger partial charge in [0.15, 0.2) is 4.84 Å². The van der Waals surface area contributed by atoms with Crippen LogP contribution < -0.4 is 0 Å². The third-order valence-corrected chi connectivity index (χ3v) is 2.18. The molecular weight excluding hydrogens is 213 g/mol. The number of alkyl halides is 2. The number of hydrogen-bond donors (Lipinski definition) is 0. The van der Waals surface area contributed by atoms with E-state index in [4.69, 9.17) is 30.7 Å². The Kier molecular flexibility index (Phi) is 2.33. The van der Waals surface area contributed by atoms with E-state index in [2.05, 4.69) is 0 Å². The summed E-state index contributed by atoms with van der Waals surface area (Å²) in [4.78, 5) is 11.8. The van der Waals surface area contributed by atoms with Gasteiger partial charge in [-0.05, 0) is 20.7 Å². The Bertz CT molecular complexity index is 249. The Labute approximate surface area is 90.7 Å². The SMILES string of the molecule is [3H]CC1(C[3H])OC(C)CN1C(=O)C(Cl)Cl. The van der Waals surface area contributed by atoms with Crippen molar-refractivity contribution in [1.29, 1.82) is 0 Å². The van der Waals surface area contributed by atoms with Crippen molar-refractivity contribution in [3.05, 3.63) is 0 Å². The Morgan fingerprint density at radius 2 is 2.38 bits per heavy atom. The van der Waals surface area contributed by atoms with Crippen LogP contribution in [0.4, 0.5) is 0 Å². The summed E-state index contributed by atoms with van der Waals surface area (Å²) < 4.78 is 20.2. The fourth-order valence-corrected chi connectivity index (χ4v) is 1.54. The van der Waals surface area contributed by atoms with Crippen LogP contribution in [0, 0.1) is 0 Å². The van der Waals surface area contributed by atoms with Crippen molar-refractivity contribution in [2.45, 2.75) is 37.4 Å². The van der Waals surface area contributed by atoms with E-state index in [1.54, 1.807) is 6.92 Å². The maximum atomic E-state index is 11.6. The Morgan fingerprint density at radius 3 is 2.85 bits per heavy atom. The van der Waals surface area contributed by atoms with E-state index in [-0.39, 0.29) is 19.9 Å². The first-order valence-electron chi connectivity index (χ1n) is 5.24. The Hall–Kier alpha value is 0.01000. The van der Waals surface area contributed by atoms with Crippen LogP contribution in [-0.2, 0) is 9.53 Å². The first-order chi connectivity index (χ1) is 6.96. The van der Waals surface area contributed by atoms with Crippen LogP contribution in [0.25, 0.3) is 0 Å². The quantitative estimate of drug-likeness (QED) is 0.642. The lowest BCUT2D eigenvalue weighted by atomic mass is 10.2. The molecule has 1 saturated heterocycles. The third-order valence-electron chi connectivity index (χ3n) is 1.80. The van der Waals surface area contributed by atoms with Gasteiger partial charge in [-0.1, -0.05) is 23.2 Å². The number of amides is 1. The second-order valence-electron chi connectivity index (χ2n) is 3.12. The molecule has 1 amide bonds. The Balaban J connectivity index is 2.90. The van der Waals surface area contributed by atoms with E-state index in [1.807, 2.05) is 0 Å². The van der Waals surface area contributed by atoms with E-state index in [9.17, 15) is 4.79 Å². The minimum Gasteiger partial charge on any atom is -0.351 e. The molecule has 0 aromatic rings. The maximum Gasteiger partial charge on any atom is 0.258 e. The van der Waals surface area contributed by atoms with Gasteiger partial charge in [0.2, 0.25) is 0 Å². The van der Waals surface area contributed by atoms with Crippen molar-refractivity contribution in [1.82, 2.24) is 4.90 Å². The molecule has 0 radical (unpaired) electrons. The van der Waals surface area contributed by atoms with Gasteiger partial charge in [0.1, 0.15) is 5.72 Å². The van der Waals surface area contributed by atoms with Gasteiger partial charge >= 0.3 is 0 Å². The van der Waals surface area contributed by atoms with Gasteiger partial charge < -0.3 is 9.64 Å². The highest BCUT2D eigenvalue weighted by Crippen LogP contribution is 2.28. The number of ether oxygens (including phenoxy) is 1. The van der Waals surface area contributed by atoms with Gasteiger partial charge in [0.25, 0.3) is 5.91 Å². The lowest BCUT2D eigenvalue weighted by molar-refractivity contribution is -0.143. The highest BCUT2D eigenvalue weighted by atomic mass is 35.5. The fourth-order valence-electron chi connectivity index (χ4n) is 1.31. The molecule has 1 aliphatic rings. The van der Waals surface area contributed by atoms with Gasteiger partial charge in [-0.2, -0.15) is 0 Å². The molecule has 76 valence electrons. The summed E-state index contributed by atoms with van der Waals surface area (Å²) in [6.45, 7) is 1.73. The van der Waals surface area contributed by atoms with Crippen molar-refractivity contribution in [2.24, 2.45) is 0 Å². The third kappa shape index (κ3) is 2.27. The topological polar surface area (TPSA) is 29.5 Å². The first kappa shape index (κ1) is 8.33. The monoisotopic (exact) mass is 229 g/mol. The van der Waals surface area contributed by atoms with Crippen LogP contribution in [-0.4, -0.2) is 34.0 Å². The van der Waals surface area contributed by atoms with Crippen LogP contribution in [0.3, 0.4) is 0 Å². The number of carbonyl (C=O) groups is 1. The van der Waals surface area contributed by atoms with E-state index in [0.29, 0.717) is 6.54 Å². The second kappa shape index (κ2) is 3.64. The molecule has 0 saturated carbocycles. The second-order valence-corrected chi connectivity index (χ2v) is 4.22. The number of carbonyl (C=O) groups excluding carboxylic acids is 1. The zero-order chi connectivity index (χ0) is 11.6. The standard InChI is InChI=1S/C8H13Cl2NO2/c1-5-4-11(7(12)6(9)10)8(2,3)13-5/h5-6H,4H2,1-3H3/i2T,3T. The zero-order valence-electron chi connectivity index (χ0n) is 9.30. The average molecular weight is 230 g/mol. The molecule has 0 aromatic heterocycles.